The SMILES string of the molecule is CCNC(Cc1ccccc1C)C1CSc2ccccc21. The lowest BCUT2D eigenvalue weighted by atomic mass is 9.88. The highest BCUT2D eigenvalue weighted by Gasteiger charge is 2.29. The van der Waals surface area contributed by atoms with Gasteiger partial charge in [0.2, 0.25) is 0 Å². The van der Waals surface area contributed by atoms with E-state index < -0.39 is 0 Å². The molecule has 1 aliphatic heterocycles. The van der Waals surface area contributed by atoms with Gasteiger partial charge in [0.1, 0.15) is 0 Å². The molecule has 2 heteroatoms. The van der Waals surface area contributed by atoms with Gasteiger partial charge in [0.25, 0.3) is 0 Å². The lowest BCUT2D eigenvalue weighted by molar-refractivity contribution is 0.462. The minimum absolute atomic E-state index is 0.521. The van der Waals surface area contributed by atoms with E-state index in [2.05, 4.69) is 67.7 Å². The van der Waals surface area contributed by atoms with Gasteiger partial charge >= 0.3 is 0 Å². The third-order valence-corrected chi connectivity index (χ3v) is 5.60. The van der Waals surface area contributed by atoms with Crippen molar-refractivity contribution in [2.75, 3.05) is 12.3 Å². The van der Waals surface area contributed by atoms with Crippen molar-refractivity contribution in [2.45, 2.75) is 37.1 Å². The Morgan fingerprint density at radius 2 is 1.90 bits per heavy atom. The first-order chi connectivity index (χ1) is 10.3. The van der Waals surface area contributed by atoms with Gasteiger partial charge < -0.3 is 5.32 Å². The van der Waals surface area contributed by atoms with Gasteiger partial charge in [-0.05, 0) is 42.6 Å². The number of benzene rings is 2. The van der Waals surface area contributed by atoms with Gasteiger partial charge in [-0.3, -0.25) is 0 Å². The van der Waals surface area contributed by atoms with Crippen molar-refractivity contribution in [2.24, 2.45) is 0 Å². The number of hydrogen-bond donors (Lipinski definition) is 1. The Kier molecular flexibility index (Phi) is 4.67. The highest BCUT2D eigenvalue weighted by atomic mass is 32.2. The first-order valence-electron chi connectivity index (χ1n) is 7.79. The number of thioether (sulfide) groups is 1. The standard InChI is InChI=1S/C19H23NS/c1-3-20-18(12-15-9-5-4-8-14(15)2)17-13-21-19-11-7-6-10-16(17)19/h4-11,17-18,20H,3,12-13H2,1-2H3. The number of likely N-dealkylation sites (N-methyl/N-ethyl adjacent to an activating group) is 1. The van der Waals surface area contributed by atoms with Crippen LogP contribution < -0.4 is 5.32 Å². The van der Waals surface area contributed by atoms with Crippen LogP contribution in [-0.4, -0.2) is 18.3 Å². The van der Waals surface area contributed by atoms with Crippen molar-refractivity contribution in [3.63, 3.8) is 0 Å². The van der Waals surface area contributed by atoms with Gasteiger partial charge in [0.15, 0.2) is 0 Å². The summed E-state index contributed by atoms with van der Waals surface area (Å²) in [7, 11) is 0. The van der Waals surface area contributed by atoms with E-state index in [1.54, 1.807) is 0 Å². The van der Waals surface area contributed by atoms with E-state index in [1.165, 1.54) is 27.3 Å². The van der Waals surface area contributed by atoms with Gasteiger partial charge in [-0.15, -0.1) is 11.8 Å². The Hall–Kier alpha value is -1.25. The molecule has 110 valence electrons. The molecule has 0 aromatic heterocycles. The summed E-state index contributed by atoms with van der Waals surface area (Å²) in [6.45, 7) is 5.45. The van der Waals surface area contributed by atoms with Crippen molar-refractivity contribution in [3.05, 3.63) is 65.2 Å². The second kappa shape index (κ2) is 6.67. The Balaban J connectivity index is 1.84. The summed E-state index contributed by atoms with van der Waals surface area (Å²) in [5.74, 6) is 1.81. The van der Waals surface area contributed by atoms with Crippen LogP contribution in [0.5, 0.6) is 0 Å². The van der Waals surface area contributed by atoms with Crippen molar-refractivity contribution >= 4 is 11.8 Å². The fourth-order valence-electron chi connectivity index (χ4n) is 3.22. The molecule has 2 aromatic carbocycles. The lowest BCUT2D eigenvalue weighted by Crippen LogP contribution is -2.37. The fraction of sp³-hybridized carbons (Fsp3) is 0.368. The predicted octanol–water partition coefficient (Wildman–Crippen LogP) is 4.41. The molecule has 0 saturated carbocycles. The van der Waals surface area contributed by atoms with E-state index in [0.717, 1.165) is 13.0 Å². The predicted molar refractivity (Wildman–Crippen MR) is 92.3 cm³/mol. The van der Waals surface area contributed by atoms with E-state index in [4.69, 9.17) is 0 Å². The first kappa shape index (κ1) is 14.7. The van der Waals surface area contributed by atoms with Gasteiger partial charge in [0.05, 0.1) is 0 Å². The molecule has 21 heavy (non-hydrogen) atoms. The van der Waals surface area contributed by atoms with Crippen LogP contribution in [0.15, 0.2) is 53.4 Å². The number of rotatable bonds is 5. The molecule has 1 heterocycles. The van der Waals surface area contributed by atoms with Crippen LogP contribution in [0.25, 0.3) is 0 Å². The molecular formula is C19H23NS. The molecule has 2 unspecified atom stereocenters. The third kappa shape index (κ3) is 3.17. The Labute approximate surface area is 132 Å². The van der Waals surface area contributed by atoms with Crippen molar-refractivity contribution < 1.29 is 0 Å². The van der Waals surface area contributed by atoms with Crippen LogP contribution in [0.4, 0.5) is 0 Å². The first-order valence-corrected chi connectivity index (χ1v) is 8.77. The van der Waals surface area contributed by atoms with Crippen LogP contribution in [0, 0.1) is 6.92 Å². The number of aryl methyl sites for hydroxylation is 1. The van der Waals surface area contributed by atoms with Crippen LogP contribution in [0.1, 0.15) is 29.5 Å². The van der Waals surface area contributed by atoms with Crippen molar-refractivity contribution in [1.29, 1.82) is 0 Å². The molecule has 2 aromatic rings. The van der Waals surface area contributed by atoms with Gasteiger partial charge in [-0.2, -0.15) is 0 Å². The number of fused-ring (bicyclic) bond motifs is 1. The number of nitrogens with one attached hydrogen (secondary N) is 1. The van der Waals surface area contributed by atoms with Crippen LogP contribution in [0.2, 0.25) is 0 Å². The molecule has 0 spiro atoms. The van der Waals surface area contributed by atoms with Crippen LogP contribution in [0.3, 0.4) is 0 Å². The molecule has 2 atom stereocenters. The summed E-state index contributed by atoms with van der Waals surface area (Å²) in [6.07, 6.45) is 1.11. The smallest absolute Gasteiger partial charge is 0.0185 e. The minimum Gasteiger partial charge on any atom is -0.313 e. The van der Waals surface area contributed by atoms with Crippen molar-refractivity contribution in [3.8, 4) is 0 Å². The second-order valence-electron chi connectivity index (χ2n) is 5.75. The molecule has 3 rings (SSSR count). The largest absolute Gasteiger partial charge is 0.313 e. The Morgan fingerprint density at radius 3 is 2.71 bits per heavy atom. The molecule has 1 N–H and O–H groups in total. The summed E-state index contributed by atoms with van der Waals surface area (Å²) in [4.78, 5) is 1.47. The van der Waals surface area contributed by atoms with E-state index in [9.17, 15) is 0 Å². The summed E-state index contributed by atoms with van der Waals surface area (Å²) in [5.41, 5.74) is 4.40. The maximum atomic E-state index is 3.73. The van der Waals surface area contributed by atoms with E-state index in [0.29, 0.717) is 12.0 Å². The van der Waals surface area contributed by atoms with Gasteiger partial charge in [-0.25, -0.2) is 0 Å². The second-order valence-corrected chi connectivity index (χ2v) is 6.81. The highest BCUT2D eigenvalue weighted by molar-refractivity contribution is 7.99. The lowest BCUT2D eigenvalue weighted by Gasteiger charge is -2.25. The molecule has 1 aliphatic rings. The zero-order valence-electron chi connectivity index (χ0n) is 12.8. The van der Waals surface area contributed by atoms with E-state index in [-0.39, 0.29) is 0 Å². The van der Waals surface area contributed by atoms with Gasteiger partial charge in [-0.1, -0.05) is 49.4 Å². The molecule has 0 amide bonds. The molecule has 0 aliphatic carbocycles. The molecular weight excluding hydrogens is 274 g/mol. The third-order valence-electron chi connectivity index (χ3n) is 4.39. The zero-order chi connectivity index (χ0) is 14.7. The maximum absolute atomic E-state index is 3.73. The normalized spacial score (nSPS) is 18.5. The van der Waals surface area contributed by atoms with E-state index in [1.807, 2.05) is 11.8 Å². The molecule has 1 nitrogen and oxygen atoms in total. The summed E-state index contributed by atoms with van der Waals surface area (Å²) >= 11 is 2.00. The monoisotopic (exact) mass is 297 g/mol. The summed E-state index contributed by atoms with van der Waals surface area (Å²) < 4.78 is 0. The number of hydrogen-bond acceptors (Lipinski definition) is 2. The van der Waals surface area contributed by atoms with Crippen molar-refractivity contribution in [1.82, 2.24) is 5.32 Å². The fourth-order valence-corrected chi connectivity index (χ4v) is 4.55. The van der Waals surface area contributed by atoms with Gasteiger partial charge in [0, 0.05) is 22.6 Å². The summed E-state index contributed by atoms with van der Waals surface area (Å²) in [5, 5.41) is 3.73. The molecule has 0 bridgehead atoms. The zero-order valence-corrected chi connectivity index (χ0v) is 13.6. The minimum atomic E-state index is 0.521. The van der Waals surface area contributed by atoms with Crippen LogP contribution >= 0.6 is 11.8 Å². The molecule has 0 fully saturated rings. The maximum Gasteiger partial charge on any atom is 0.0185 e. The van der Waals surface area contributed by atoms with E-state index >= 15 is 0 Å². The average molecular weight is 297 g/mol. The quantitative estimate of drug-likeness (QED) is 0.877. The average Bonchev–Trinajstić information content (AvgIpc) is 2.93. The topological polar surface area (TPSA) is 12.0 Å². The Morgan fingerprint density at radius 1 is 1.14 bits per heavy atom. The highest BCUT2D eigenvalue weighted by Crippen LogP contribution is 2.41. The molecule has 0 radical (unpaired) electrons. The summed E-state index contributed by atoms with van der Waals surface area (Å²) in [6, 6.07) is 18.2. The van der Waals surface area contributed by atoms with Crippen LogP contribution in [-0.2, 0) is 6.42 Å². The Bertz CT molecular complexity index is 608. The molecule has 0 saturated heterocycles.